The third kappa shape index (κ3) is 6.68. The Hall–Kier alpha value is -1.84. The molecule has 0 aliphatic heterocycles. The fourth-order valence-corrected chi connectivity index (χ4v) is 1.20. The van der Waals surface area contributed by atoms with Crippen LogP contribution >= 0.6 is 0 Å². The van der Waals surface area contributed by atoms with E-state index >= 15 is 0 Å². The van der Waals surface area contributed by atoms with Crippen LogP contribution in [0, 0.1) is 0 Å². The van der Waals surface area contributed by atoms with E-state index in [1.54, 1.807) is 24.3 Å². The Bertz CT molecular complexity index is 368. The van der Waals surface area contributed by atoms with Crippen LogP contribution in [0.5, 0.6) is 5.75 Å². The van der Waals surface area contributed by atoms with Crippen molar-refractivity contribution in [3.8, 4) is 5.75 Å². The molecule has 100 valence electrons. The van der Waals surface area contributed by atoms with Crippen molar-refractivity contribution in [2.45, 2.75) is 33.6 Å². The molecule has 0 saturated carbocycles. The maximum atomic E-state index is 11.0. The van der Waals surface area contributed by atoms with Crippen LogP contribution in [-0.4, -0.2) is 23.5 Å². The molecule has 4 nitrogen and oxygen atoms in total. The van der Waals surface area contributed by atoms with Crippen molar-refractivity contribution >= 4 is 11.8 Å². The molecule has 0 heterocycles. The molecular weight excluding hydrogens is 232 g/mol. The topological polar surface area (TPSA) is 63.6 Å². The molecule has 0 aliphatic carbocycles. The third-order valence-corrected chi connectivity index (χ3v) is 2.06. The van der Waals surface area contributed by atoms with Gasteiger partial charge in [-0.3, -0.25) is 9.59 Å². The molecule has 4 heteroatoms. The van der Waals surface area contributed by atoms with Gasteiger partial charge in [0.25, 0.3) is 0 Å². The first-order valence-electron chi connectivity index (χ1n) is 6.05. The van der Waals surface area contributed by atoms with Gasteiger partial charge in [-0.25, -0.2) is 0 Å². The maximum absolute atomic E-state index is 11.0. The zero-order chi connectivity index (χ0) is 14.0. The fourth-order valence-electron chi connectivity index (χ4n) is 1.20. The number of aliphatic carboxylic acids is 1. The highest BCUT2D eigenvalue weighted by Crippen LogP contribution is 2.12. The Morgan fingerprint density at radius 2 is 1.72 bits per heavy atom. The first-order valence-corrected chi connectivity index (χ1v) is 6.05. The molecule has 1 aromatic rings. The Kier molecular flexibility index (Phi) is 8.27. The van der Waals surface area contributed by atoms with Gasteiger partial charge in [0.2, 0.25) is 0 Å². The zero-order valence-electron chi connectivity index (χ0n) is 11.1. The second-order valence-electron chi connectivity index (χ2n) is 3.43. The largest absolute Gasteiger partial charge is 0.494 e. The number of carbonyl (C=O) groups excluding carboxylic acids is 1. The van der Waals surface area contributed by atoms with E-state index in [0.717, 1.165) is 0 Å². The molecule has 1 rings (SSSR count). The summed E-state index contributed by atoms with van der Waals surface area (Å²) in [5, 5.41) is 8.42. The molecule has 18 heavy (non-hydrogen) atoms. The van der Waals surface area contributed by atoms with Crippen molar-refractivity contribution in [2.24, 2.45) is 0 Å². The van der Waals surface area contributed by atoms with Crippen molar-refractivity contribution in [3.63, 3.8) is 0 Å². The zero-order valence-corrected chi connectivity index (χ0v) is 11.1. The van der Waals surface area contributed by atoms with Crippen LogP contribution in [0.2, 0.25) is 0 Å². The van der Waals surface area contributed by atoms with E-state index in [2.05, 4.69) is 0 Å². The summed E-state index contributed by atoms with van der Waals surface area (Å²) in [6.45, 7) is 5.87. The van der Waals surface area contributed by atoms with Gasteiger partial charge in [-0.15, -0.1) is 0 Å². The number of rotatable bonds is 6. The number of carboxylic acid groups (broad SMARTS) is 1. The van der Waals surface area contributed by atoms with Gasteiger partial charge in [0, 0.05) is 12.0 Å². The highest BCUT2D eigenvalue weighted by atomic mass is 16.5. The summed E-state index contributed by atoms with van der Waals surface area (Å²) >= 11 is 0. The molecule has 0 aliphatic rings. The van der Waals surface area contributed by atoms with Gasteiger partial charge in [-0.1, -0.05) is 13.8 Å². The van der Waals surface area contributed by atoms with Gasteiger partial charge < -0.3 is 9.84 Å². The summed E-state index contributed by atoms with van der Waals surface area (Å²) in [5.74, 6) is -0.164. The van der Waals surface area contributed by atoms with Gasteiger partial charge in [-0.05, 0) is 37.6 Å². The summed E-state index contributed by atoms with van der Waals surface area (Å²) in [4.78, 5) is 21.2. The van der Waals surface area contributed by atoms with Crippen molar-refractivity contribution < 1.29 is 19.4 Å². The van der Waals surface area contributed by atoms with E-state index in [9.17, 15) is 9.59 Å². The Labute approximate surface area is 108 Å². The summed E-state index contributed by atoms with van der Waals surface area (Å²) in [7, 11) is 0. The summed E-state index contributed by atoms with van der Waals surface area (Å²) in [6, 6.07) is 6.79. The molecule has 0 radical (unpaired) electrons. The van der Waals surface area contributed by atoms with E-state index in [1.807, 2.05) is 13.8 Å². The van der Waals surface area contributed by atoms with E-state index < -0.39 is 5.97 Å². The molecule has 1 N–H and O–H groups in total. The average Bonchev–Trinajstić information content (AvgIpc) is 2.37. The standard InChI is InChI=1S/C12H14O4.C2H6/c1-9(13)10-4-6-11(7-5-10)16-8-2-3-12(14)15;1-2/h4-7H,2-3,8H2,1H3,(H,14,15);1-2H3. The maximum Gasteiger partial charge on any atom is 0.303 e. The normalized spacial score (nSPS) is 9.06. The predicted octanol–water partition coefficient (Wildman–Crippen LogP) is 3.16. The molecule has 0 bridgehead atoms. The summed E-state index contributed by atoms with van der Waals surface area (Å²) in [6.07, 6.45) is 0.579. The second-order valence-corrected chi connectivity index (χ2v) is 3.43. The van der Waals surface area contributed by atoms with Gasteiger partial charge in [0.1, 0.15) is 5.75 Å². The number of Topliss-reactive ketones (excluding diaryl/α,β-unsaturated/α-hetero) is 1. The lowest BCUT2D eigenvalue weighted by Crippen LogP contribution is -2.02. The summed E-state index contributed by atoms with van der Waals surface area (Å²) in [5.41, 5.74) is 0.637. The minimum atomic E-state index is -0.824. The molecule has 0 amide bonds. The summed E-state index contributed by atoms with van der Waals surface area (Å²) < 4.78 is 5.32. The molecule has 0 unspecified atom stereocenters. The first kappa shape index (κ1) is 16.2. The van der Waals surface area contributed by atoms with Crippen molar-refractivity contribution in [2.75, 3.05) is 6.61 Å². The van der Waals surface area contributed by atoms with E-state index in [1.165, 1.54) is 6.92 Å². The lowest BCUT2D eigenvalue weighted by molar-refractivity contribution is -0.137. The number of ether oxygens (including phenoxy) is 1. The van der Waals surface area contributed by atoms with Crippen LogP contribution in [0.1, 0.15) is 44.0 Å². The number of hydrogen-bond acceptors (Lipinski definition) is 3. The smallest absolute Gasteiger partial charge is 0.303 e. The molecule has 1 aromatic carbocycles. The lowest BCUT2D eigenvalue weighted by atomic mass is 10.1. The SMILES string of the molecule is CC.CC(=O)c1ccc(OCCCC(=O)O)cc1. The quantitative estimate of drug-likeness (QED) is 0.624. The fraction of sp³-hybridized carbons (Fsp3) is 0.429. The number of carboxylic acids is 1. The Balaban J connectivity index is 0.00000137. The van der Waals surface area contributed by atoms with Crippen LogP contribution in [0.15, 0.2) is 24.3 Å². The van der Waals surface area contributed by atoms with Crippen LogP contribution in [0.3, 0.4) is 0 Å². The van der Waals surface area contributed by atoms with Crippen molar-refractivity contribution in [1.82, 2.24) is 0 Å². The molecular formula is C14H20O4. The Morgan fingerprint density at radius 1 is 1.17 bits per heavy atom. The molecule has 0 saturated heterocycles. The molecule has 0 spiro atoms. The van der Waals surface area contributed by atoms with Crippen LogP contribution < -0.4 is 4.74 Å². The third-order valence-electron chi connectivity index (χ3n) is 2.06. The number of hydrogen-bond donors (Lipinski definition) is 1. The monoisotopic (exact) mass is 252 g/mol. The van der Waals surface area contributed by atoms with Crippen LogP contribution in [-0.2, 0) is 4.79 Å². The number of benzene rings is 1. The van der Waals surface area contributed by atoms with Crippen LogP contribution in [0.25, 0.3) is 0 Å². The number of ketones is 1. The molecule has 0 aromatic heterocycles. The van der Waals surface area contributed by atoms with Gasteiger partial charge >= 0.3 is 5.97 Å². The minimum Gasteiger partial charge on any atom is -0.494 e. The highest BCUT2D eigenvalue weighted by molar-refractivity contribution is 5.94. The van der Waals surface area contributed by atoms with Crippen LogP contribution in [0.4, 0.5) is 0 Å². The predicted molar refractivity (Wildman–Crippen MR) is 70.2 cm³/mol. The Morgan fingerprint density at radius 3 is 2.17 bits per heavy atom. The highest BCUT2D eigenvalue weighted by Gasteiger charge is 2.00. The average molecular weight is 252 g/mol. The number of carbonyl (C=O) groups is 2. The minimum absolute atomic E-state index is 0.0115. The van der Waals surface area contributed by atoms with Gasteiger partial charge in [0.05, 0.1) is 6.61 Å². The second kappa shape index (κ2) is 9.22. The van der Waals surface area contributed by atoms with Crippen molar-refractivity contribution in [3.05, 3.63) is 29.8 Å². The van der Waals surface area contributed by atoms with Crippen molar-refractivity contribution in [1.29, 1.82) is 0 Å². The van der Waals surface area contributed by atoms with E-state index in [0.29, 0.717) is 24.3 Å². The molecule has 0 atom stereocenters. The molecule has 0 fully saturated rings. The van der Waals surface area contributed by atoms with E-state index in [4.69, 9.17) is 9.84 Å². The first-order chi connectivity index (χ1) is 8.59. The van der Waals surface area contributed by atoms with E-state index in [-0.39, 0.29) is 12.2 Å². The van der Waals surface area contributed by atoms with Gasteiger partial charge in [0.15, 0.2) is 5.78 Å². The van der Waals surface area contributed by atoms with Gasteiger partial charge in [-0.2, -0.15) is 0 Å². The lowest BCUT2D eigenvalue weighted by Gasteiger charge is -2.05.